The molecule has 234 valence electrons. The molecule has 0 bridgehead atoms. The Hall–Kier alpha value is -6.06. The van der Waals surface area contributed by atoms with Gasteiger partial charge in [0, 0.05) is 49.3 Å². The quantitative estimate of drug-likeness (QED) is 0.181. The summed E-state index contributed by atoms with van der Waals surface area (Å²) >= 11 is 0. The summed E-state index contributed by atoms with van der Waals surface area (Å²) in [5.74, 6) is 0.947. The van der Waals surface area contributed by atoms with E-state index in [0.29, 0.717) is 6.61 Å². The maximum atomic E-state index is 6.53. The van der Waals surface area contributed by atoms with Gasteiger partial charge in [0.15, 0.2) is 0 Å². The van der Waals surface area contributed by atoms with Crippen LogP contribution in [-0.4, -0.2) is 11.2 Å². The minimum atomic E-state index is -0.175. The first-order valence-corrected chi connectivity index (χ1v) is 16.9. The normalized spacial score (nSPS) is 15.4. The van der Waals surface area contributed by atoms with E-state index in [9.17, 15) is 0 Å². The van der Waals surface area contributed by atoms with Crippen LogP contribution < -0.4 is 4.74 Å². The molecule has 0 amide bonds. The molecule has 10 rings (SSSR count). The van der Waals surface area contributed by atoms with Gasteiger partial charge in [-0.2, -0.15) is 0 Å². The first-order chi connectivity index (χ1) is 24.0. The van der Waals surface area contributed by atoms with Gasteiger partial charge in [-0.15, -0.1) is 0 Å². The van der Waals surface area contributed by atoms with Crippen molar-refractivity contribution in [2.75, 3.05) is 6.61 Å². The largest absolute Gasteiger partial charge is 0.488 e. The highest BCUT2D eigenvalue weighted by molar-refractivity contribution is 6.12. The number of fused-ring (bicyclic) bond motifs is 11. The van der Waals surface area contributed by atoms with E-state index in [-0.39, 0.29) is 5.41 Å². The molecule has 1 aliphatic carbocycles. The summed E-state index contributed by atoms with van der Waals surface area (Å²) in [7, 11) is 0. The third-order valence-corrected chi connectivity index (χ3v) is 10.7. The molecule has 49 heavy (non-hydrogen) atoms. The van der Waals surface area contributed by atoms with E-state index in [1.165, 1.54) is 55.0 Å². The number of ether oxygens (including phenoxy) is 1. The molecule has 3 nitrogen and oxygen atoms in total. The van der Waals surface area contributed by atoms with Crippen LogP contribution in [-0.2, 0) is 5.41 Å². The van der Waals surface area contributed by atoms with Gasteiger partial charge in [0.25, 0.3) is 0 Å². The Labute approximate surface area is 284 Å². The van der Waals surface area contributed by atoms with Crippen LogP contribution in [0.2, 0.25) is 0 Å². The molecule has 0 atom stereocenters. The number of nitrogens with zero attached hydrogens (tertiary/aromatic N) is 1. The number of hydrogen-bond acceptors (Lipinski definition) is 2. The van der Waals surface area contributed by atoms with Crippen molar-refractivity contribution in [2.45, 2.75) is 19.3 Å². The summed E-state index contributed by atoms with van der Waals surface area (Å²) in [5.41, 5.74) is 14.8. The van der Waals surface area contributed by atoms with E-state index in [1.807, 2.05) is 18.2 Å². The second kappa shape index (κ2) is 10.2. The summed E-state index contributed by atoms with van der Waals surface area (Å²) in [6.07, 6.45) is 6.31. The fourth-order valence-corrected chi connectivity index (χ4v) is 8.19. The smallest absolute Gasteiger partial charge is 0.143 e. The number of hydrogen-bond donors (Lipinski definition) is 0. The van der Waals surface area contributed by atoms with Crippen molar-refractivity contribution in [3.63, 3.8) is 0 Å². The maximum absolute atomic E-state index is 6.53. The van der Waals surface area contributed by atoms with Crippen LogP contribution in [0.15, 0.2) is 151 Å². The van der Waals surface area contributed by atoms with E-state index in [0.717, 1.165) is 44.7 Å². The predicted octanol–water partition coefficient (Wildman–Crippen LogP) is 12.0. The lowest BCUT2D eigenvalue weighted by Gasteiger charge is -2.22. The van der Waals surface area contributed by atoms with Crippen molar-refractivity contribution in [1.29, 1.82) is 0 Å². The van der Waals surface area contributed by atoms with Gasteiger partial charge < -0.3 is 13.7 Å². The van der Waals surface area contributed by atoms with E-state index < -0.39 is 0 Å². The number of rotatable bonds is 4. The number of para-hydroxylation sites is 3. The van der Waals surface area contributed by atoms with Gasteiger partial charge in [-0.25, -0.2) is 0 Å². The Bertz CT molecular complexity index is 2760. The summed E-state index contributed by atoms with van der Waals surface area (Å²) in [6.45, 7) is 9.70. The Kier molecular flexibility index (Phi) is 5.84. The highest BCUT2D eigenvalue weighted by Crippen LogP contribution is 2.53. The van der Waals surface area contributed by atoms with Crippen molar-refractivity contribution in [1.82, 2.24) is 4.57 Å². The van der Waals surface area contributed by atoms with Gasteiger partial charge in [0.05, 0.1) is 11.0 Å². The van der Waals surface area contributed by atoms with Crippen LogP contribution in [0.4, 0.5) is 0 Å². The molecular formula is C46H33NO2. The highest BCUT2D eigenvalue weighted by Gasteiger charge is 2.38. The topological polar surface area (TPSA) is 27.3 Å². The summed E-state index contributed by atoms with van der Waals surface area (Å²) < 4.78 is 14.8. The third-order valence-electron chi connectivity index (χ3n) is 10.7. The lowest BCUT2D eigenvalue weighted by Crippen LogP contribution is -2.15. The standard InChI is InChI=1S/C46H33NO2/c1-28(11-10-12-30-27-48-42-17-8-5-13-32(30)42)29-19-24-41-37(25-29)33-14-4-7-16-40(33)47(41)31-20-21-36-39(26-31)46(2,3)38-23-22-35-34-15-6-9-18-43(34)49-45(35)44(36)38/h4-26H,1,27H2,2-3H3/b11-10-,30-12+. The molecular weight excluding hydrogens is 599 g/mol. The van der Waals surface area contributed by atoms with Crippen LogP contribution in [0.5, 0.6) is 5.75 Å². The van der Waals surface area contributed by atoms with Crippen LogP contribution in [0, 0.1) is 0 Å². The van der Waals surface area contributed by atoms with Gasteiger partial charge in [0.2, 0.25) is 0 Å². The van der Waals surface area contributed by atoms with E-state index in [1.54, 1.807) is 0 Å². The molecule has 2 aromatic heterocycles. The second-order valence-electron chi connectivity index (χ2n) is 13.8. The summed E-state index contributed by atoms with van der Waals surface area (Å²) in [4.78, 5) is 0. The first-order valence-electron chi connectivity index (χ1n) is 16.9. The fourth-order valence-electron chi connectivity index (χ4n) is 8.19. The third kappa shape index (κ3) is 4.02. The molecule has 3 heterocycles. The molecule has 0 saturated carbocycles. The first kappa shape index (κ1) is 28.0. The van der Waals surface area contributed by atoms with Gasteiger partial charge in [-0.05, 0) is 70.3 Å². The van der Waals surface area contributed by atoms with Crippen LogP contribution in [0.25, 0.3) is 71.7 Å². The van der Waals surface area contributed by atoms with Crippen molar-refractivity contribution in [3.8, 4) is 22.6 Å². The molecule has 0 radical (unpaired) electrons. The molecule has 6 aromatic carbocycles. The predicted molar refractivity (Wildman–Crippen MR) is 204 cm³/mol. The number of allylic oxidation sites excluding steroid dienone is 4. The Balaban J connectivity index is 1.06. The van der Waals surface area contributed by atoms with Crippen LogP contribution >= 0.6 is 0 Å². The second-order valence-corrected chi connectivity index (χ2v) is 13.8. The van der Waals surface area contributed by atoms with Gasteiger partial charge in [0.1, 0.15) is 23.5 Å². The SMILES string of the molecule is C=C(/C=C\C=C1/COc2ccccc21)c1ccc2c(c1)c1ccccc1n2-c1ccc2c(c1)C(C)(C)c1ccc3c(oc4ccccc43)c1-2. The highest BCUT2D eigenvalue weighted by atomic mass is 16.5. The molecule has 3 heteroatoms. The number of benzene rings is 6. The van der Waals surface area contributed by atoms with E-state index in [2.05, 4.69) is 146 Å². The van der Waals surface area contributed by atoms with Gasteiger partial charge in [-0.3, -0.25) is 0 Å². The zero-order valence-electron chi connectivity index (χ0n) is 27.5. The van der Waals surface area contributed by atoms with Crippen molar-refractivity contribution in [3.05, 3.63) is 168 Å². The Morgan fingerprint density at radius 3 is 2.43 bits per heavy atom. The van der Waals surface area contributed by atoms with Crippen molar-refractivity contribution >= 4 is 54.9 Å². The molecule has 0 N–H and O–H groups in total. The summed E-state index contributed by atoms with van der Waals surface area (Å²) in [6, 6.07) is 43.5. The fraction of sp³-hybridized carbons (Fsp3) is 0.0870. The van der Waals surface area contributed by atoms with Crippen molar-refractivity contribution in [2.24, 2.45) is 0 Å². The molecule has 0 saturated heterocycles. The lowest BCUT2D eigenvalue weighted by atomic mass is 9.82. The number of aromatic nitrogens is 1. The maximum Gasteiger partial charge on any atom is 0.143 e. The van der Waals surface area contributed by atoms with Crippen LogP contribution in [0.3, 0.4) is 0 Å². The molecule has 2 aliphatic rings. The minimum Gasteiger partial charge on any atom is -0.488 e. The lowest BCUT2D eigenvalue weighted by molar-refractivity contribution is 0.388. The molecule has 0 unspecified atom stereocenters. The molecule has 0 spiro atoms. The number of furan rings is 1. The average molecular weight is 632 g/mol. The minimum absolute atomic E-state index is 0.175. The Morgan fingerprint density at radius 2 is 1.51 bits per heavy atom. The van der Waals surface area contributed by atoms with E-state index >= 15 is 0 Å². The van der Waals surface area contributed by atoms with E-state index in [4.69, 9.17) is 9.15 Å². The van der Waals surface area contributed by atoms with Crippen LogP contribution in [0.1, 0.15) is 36.1 Å². The van der Waals surface area contributed by atoms with Gasteiger partial charge in [-0.1, -0.05) is 118 Å². The molecule has 1 aliphatic heterocycles. The zero-order chi connectivity index (χ0) is 32.9. The molecule has 8 aromatic rings. The zero-order valence-corrected chi connectivity index (χ0v) is 27.5. The average Bonchev–Trinajstić information content (AvgIpc) is 3.87. The summed E-state index contributed by atoms with van der Waals surface area (Å²) in [5, 5.41) is 4.78. The monoisotopic (exact) mass is 631 g/mol. The van der Waals surface area contributed by atoms with Crippen molar-refractivity contribution < 1.29 is 9.15 Å². The van der Waals surface area contributed by atoms with Gasteiger partial charge >= 0.3 is 0 Å². The Morgan fingerprint density at radius 1 is 0.714 bits per heavy atom. The molecule has 0 fully saturated rings.